The molecule has 23 heavy (non-hydrogen) atoms. The van der Waals surface area contributed by atoms with E-state index in [2.05, 4.69) is 6.92 Å². The topological polar surface area (TPSA) is 46.5 Å². The molecule has 0 aliphatic heterocycles. The van der Waals surface area contributed by atoms with Crippen LogP contribution in [0, 0.1) is 0 Å². The predicted molar refractivity (Wildman–Crippen MR) is 91.7 cm³/mol. The second-order valence-corrected chi connectivity index (χ2v) is 5.74. The van der Waals surface area contributed by atoms with Gasteiger partial charge < -0.3 is 9.84 Å². The number of hydrogen-bond donors (Lipinski definition) is 1. The first-order valence-corrected chi connectivity index (χ1v) is 8.18. The van der Waals surface area contributed by atoms with Gasteiger partial charge in [-0.05, 0) is 35.7 Å². The van der Waals surface area contributed by atoms with Crippen LogP contribution in [0.25, 0.3) is 0 Å². The normalized spacial score (nSPS) is 11.9. The van der Waals surface area contributed by atoms with Gasteiger partial charge in [0.25, 0.3) is 0 Å². The molecule has 0 spiro atoms. The third kappa shape index (κ3) is 5.53. The van der Waals surface area contributed by atoms with Crippen molar-refractivity contribution in [2.24, 2.45) is 0 Å². The van der Waals surface area contributed by atoms with Crippen LogP contribution in [-0.2, 0) is 6.61 Å². The van der Waals surface area contributed by atoms with Crippen molar-refractivity contribution < 1.29 is 14.6 Å². The molecule has 0 radical (unpaired) electrons. The first kappa shape index (κ1) is 17.2. The summed E-state index contributed by atoms with van der Waals surface area (Å²) < 4.78 is 5.78. The fraction of sp³-hybridized carbons (Fsp3) is 0.350. The third-order valence-electron chi connectivity index (χ3n) is 3.82. The number of carbonyl (C=O) groups excluding carboxylic acids is 1. The molecule has 2 aromatic carbocycles. The first-order chi connectivity index (χ1) is 11.2. The zero-order valence-corrected chi connectivity index (χ0v) is 13.6. The molecular formula is C20H24O3. The van der Waals surface area contributed by atoms with E-state index in [1.807, 2.05) is 42.5 Å². The second-order valence-electron chi connectivity index (χ2n) is 5.74. The summed E-state index contributed by atoms with van der Waals surface area (Å²) in [7, 11) is 0. The van der Waals surface area contributed by atoms with Gasteiger partial charge in [-0.1, -0.05) is 56.5 Å². The Kier molecular flexibility index (Phi) is 6.82. The minimum Gasteiger partial charge on any atom is -0.489 e. The average Bonchev–Trinajstić information content (AvgIpc) is 2.60. The summed E-state index contributed by atoms with van der Waals surface area (Å²) in [6.07, 6.45) is 4.48. The van der Waals surface area contributed by atoms with Crippen LogP contribution in [0.3, 0.4) is 0 Å². The van der Waals surface area contributed by atoms with Crippen molar-refractivity contribution in [1.29, 1.82) is 0 Å². The second kappa shape index (κ2) is 9.11. The Morgan fingerprint density at radius 1 is 1.13 bits per heavy atom. The molecule has 0 saturated heterocycles. The Morgan fingerprint density at radius 3 is 2.74 bits per heavy atom. The van der Waals surface area contributed by atoms with Crippen LogP contribution in [-0.4, -0.2) is 11.4 Å². The monoisotopic (exact) mass is 312 g/mol. The molecular weight excluding hydrogens is 288 g/mol. The first-order valence-electron chi connectivity index (χ1n) is 8.18. The zero-order valence-electron chi connectivity index (χ0n) is 13.6. The molecule has 2 aromatic rings. The Bertz CT molecular complexity index is 622. The van der Waals surface area contributed by atoms with Gasteiger partial charge >= 0.3 is 0 Å². The number of aliphatic hydroxyl groups excluding tert-OH is 1. The largest absolute Gasteiger partial charge is 0.489 e. The van der Waals surface area contributed by atoms with Crippen LogP contribution in [0.15, 0.2) is 48.5 Å². The molecule has 0 aliphatic rings. The lowest BCUT2D eigenvalue weighted by Gasteiger charge is -2.13. The summed E-state index contributed by atoms with van der Waals surface area (Å²) in [4.78, 5) is 10.8. The molecule has 0 amide bonds. The number of unbranched alkanes of at least 4 members (excludes halogenated alkanes) is 2. The number of carbonyl (C=O) groups is 1. The molecule has 0 aliphatic carbocycles. The van der Waals surface area contributed by atoms with E-state index < -0.39 is 6.10 Å². The average molecular weight is 312 g/mol. The highest BCUT2D eigenvalue weighted by atomic mass is 16.5. The van der Waals surface area contributed by atoms with E-state index in [4.69, 9.17) is 4.74 Å². The Labute approximate surface area is 137 Å². The number of ether oxygens (including phenoxy) is 1. The third-order valence-corrected chi connectivity index (χ3v) is 3.82. The fourth-order valence-electron chi connectivity index (χ4n) is 2.49. The lowest BCUT2D eigenvalue weighted by atomic mass is 10.0. The number of aliphatic hydroxyl groups is 1. The van der Waals surface area contributed by atoms with Gasteiger partial charge in [-0.15, -0.1) is 0 Å². The number of benzene rings is 2. The zero-order chi connectivity index (χ0) is 16.5. The minimum absolute atomic E-state index is 0.400. The lowest BCUT2D eigenvalue weighted by Crippen LogP contribution is -2.00. The van der Waals surface area contributed by atoms with Gasteiger partial charge in [0.2, 0.25) is 0 Å². The highest BCUT2D eigenvalue weighted by Crippen LogP contribution is 2.24. The van der Waals surface area contributed by atoms with Crippen LogP contribution in [0.1, 0.15) is 60.2 Å². The molecule has 0 heterocycles. The van der Waals surface area contributed by atoms with E-state index in [-0.39, 0.29) is 0 Å². The predicted octanol–water partition coefficient (Wildman–Crippen LogP) is 4.69. The van der Waals surface area contributed by atoms with Crippen molar-refractivity contribution in [3.8, 4) is 5.75 Å². The molecule has 1 atom stereocenters. The standard InChI is InChI=1S/C20H24O3/c1-2-3-4-11-20(22)18-9-6-10-19(13-18)23-15-17-8-5-7-16(12-17)14-21/h5-10,12-14,20,22H,2-4,11,15H2,1H3/t20-/m1/s1. The quantitative estimate of drug-likeness (QED) is 0.539. The maximum atomic E-state index is 10.8. The molecule has 122 valence electrons. The van der Waals surface area contributed by atoms with Gasteiger partial charge in [-0.25, -0.2) is 0 Å². The summed E-state index contributed by atoms with van der Waals surface area (Å²) >= 11 is 0. The molecule has 0 aromatic heterocycles. The smallest absolute Gasteiger partial charge is 0.150 e. The summed E-state index contributed by atoms with van der Waals surface area (Å²) in [6, 6.07) is 14.9. The highest BCUT2D eigenvalue weighted by Gasteiger charge is 2.08. The van der Waals surface area contributed by atoms with Crippen LogP contribution in [0.5, 0.6) is 5.75 Å². The Hall–Kier alpha value is -2.13. The number of aldehydes is 1. The van der Waals surface area contributed by atoms with Crippen LogP contribution in [0.2, 0.25) is 0 Å². The van der Waals surface area contributed by atoms with E-state index in [9.17, 15) is 9.90 Å². The molecule has 3 heteroatoms. The maximum Gasteiger partial charge on any atom is 0.150 e. The molecule has 3 nitrogen and oxygen atoms in total. The van der Waals surface area contributed by atoms with Crippen molar-refractivity contribution in [3.63, 3.8) is 0 Å². The molecule has 0 fully saturated rings. The van der Waals surface area contributed by atoms with Crippen molar-refractivity contribution in [1.82, 2.24) is 0 Å². The van der Waals surface area contributed by atoms with E-state index in [0.717, 1.165) is 48.8 Å². The Morgan fingerprint density at radius 2 is 1.96 bits per heavy atom. The summed E-state index contributed by atoms with van der Waals surface area (Å²) in [5.74, 6) is 0.730. The van der Waals surface area contributed by atoms with Gasteiger partial charge in [0.05, 0.1) is 6.10 Å². The number of hydrogen-bond acceptors (Lipinski definition) is 3. The molecule has 0 bridgehead atoms. The summed E-state index contributed by atoms with van der Waals surface area (Å²) in [5, 5.41) is 10.2. The SMILES string of the molecule is CCCCC[C@@H](O)c1cccc(OCc2cccc(C=O)c2)c1. The fourth-order valence-corrected chi connectivity index (χ4v) is 2.49. The summed E-state index contributed by atoms with van der Waals surface area (Å²) in [6.45, 7) is 2.55. The van der Waals surface area contributed by atoms with E-state index in [1.54, 1.807) is 6.07 Å². The molecule has 0 unspecified atom stereocenters. The molecule has 2 rings (SSSR count). The maximum absolute atomic E-state index is 10.8. The minimum atomic E-state index is -0.441. The van der Waals surface area contributed by atoms with Crippen molar-refractivity contribution in [3.05, 3.63) is 65.2 Å². The lowest BCUT2D eigenvalue weighted by molar-refractivity contribution is 0.112. The van der Waals surface area contributed by atoms with Crippen LogP contribution in [0.4, 0.5) is 0 Å². The van der Waals surface area contributed by atoms with E-state index in [0.29, 0.717) is 12.2 Å². The van der Waals surface area contributed by atoms with Gasteiger partial charge in [-0.3, -0.25) is 4.79 Å². The van der Waals surface area contributed by atoms with Crippen LogP contribution < -0.4 is 4.74 Å². The van der Waals surface area contributed by atoms with E-state index >= 15 is 0 Å². The van der Waals surface area contributed by atoms with Gasteiger partial charge in [-0.2, -0.15) is 0 Å². The molecule has 0 saturated carbocycles. The highest BCUT2D eigenvalue weighted by molar-refractivity contribution is 5.74. The van der Waals surface area contributed by atoms with Gasteiger partial charge in [0.15, 0.2) is 0 Å². The van der Waals surface area contributed by atoms with Crippen molar-refractivity contribution in [2.45, 2.75) is 45.3 Å². The van der Waals surface area contributed by atoms with Crippen molar-refractivity contribution >= 4 is 6.29 Å². The van der Waals surface area contributed by atoms with Gasteiger partial charge in [0, 0.05) is 5.56 Å². The van der Waals surface area contributed by atoms with Crippen LogP contribution >= 0.6 is 0 Å². The van der Waals surface area contributed by atoms with E-state index in [1.165, 1.54) is 0 Å². The van der Waals surface area contributed by atoms with Gasteiger partial charge in [0.1, 0.15) is 18.6 Å². The van der Waals surface area contributed by atoms with Crippen molar-refractivity contribution in [2.75, 3.05) is 0 Å². The Balaban J connectivity index is 1.95. The number of rotatable bonds is 9. The molecule has 1 N–H and O–H groups in total. The summed E-state index contributed by atoms with van der Waals surface area (Å²) in [5.41, 5.74) is 2.48.